The van der Waals surface area contributed by atoms with Crippen LogP contribution in [0.5, 0.6) is 11.6 Å². The lowest BCUT2D eigenvalue weighted by Crippen LogP contribution is -2.22. The van der Waals surface area contributed by atoms with E-state index in [0.717, 1.165) is 43.2 Å². The van der Waals surface area contributed by atoms with Gasteiger partial charge in [0.25, 0.3) is 0 Å². The number of carbonyl (C=O) groups excluding carboxylic acids is 1. The van der Waals surface area contributed by atoms with E-state index >= 15 is 0 Å². The van der Waals surface area contributed by atoms with Crippen molar-refractivity contribution in [3.05, 3.63) is 61.7 Å². The molecule has 0 spiro atoms. The van der Waals surface area contributed by atoms with Gasteiger partial charge in [0.05, 0.1) is 18.4 Å². The predicted octanol–water partition coefficient (Wildman–Crippen LogP) is 5.88. The minimum Gasteiger partial charge on any atom is -0.437 e. The van der Waals surface area contributed by atoms with Crippen LogP contribution in [0.2, 0.25) is 25.7 Å². The van der Waals surface area contributed by atoms with Crippen LogP contribution in [0.15, 0.2) is 61.7 Å². The minimum atomic E-state index is -1.20. The highest BCUT2D eigenvalue weighted by Crippen LogP contribution is 2.32. The van der Waals surface area contributed by atoms with Gasteiger partial charge in [-0.1, -0.05) is 32.3 Å². The molecule has 0 unspecified atom stereocenters. The first-order chi connectivity index (χ1) is 19.3. The molecule has 10 nitrogen and oxygen atoms in total. The van der Waals surface area contributed by atoms with Gasteiger partial charge in [-0.05, 0) is 37.1 Å². The molecule has 1 N–H and O–H groups in total. The Morgan fingerprint density at radius 2 is 2.05 bits per heavy atom. The zero-order valence-corrected chi connectivity index (χ0v) is 24.3. The predicted molar refractivity (Wildman–Crippen MR) is 157 cm³/mol. The third-order valence-electron chi connectivity index (χ3n) is 6.76. The number of amides is 1. The zero-order valence-electron chi connectivity index (χ0n) is 23.3. The largest absolute Gasteiger partial charge is 0.437 e. The molecule has 1 aliphatic heterocycles. The number of ether oxygens (including phenoxy) is 3. The van der Waals surface area contributed by atoms with E-state index in [0.29, 0.717) is 47.9 Å². The first-order valence-electron chi connectivity index (χ1n) is 13.6. The summed E-state index contributed by atoms with van der Waals surface area (Å²) in [6, 6.07) is 8.51. The molecular formula is C29H36N6O4Si. The van der Waals surface area contributed by atoms with Gasteiger partial charge < -0.3 is 24.1 Å². The SMILES string of the molecule is C=CC(=O)Nc1cccc(Oc2cnc3c(n2)c(-c2cnn(C4CCOCC4)c2)cn3COCC[Si](C)(C)C)c1. The summed E-state index contributed by atoms with van der Waals surface area (Å²) >= 11 is 0. The highest BCUT2D eigenvalue weighted by molar-refractivity contribution is 6.76. The lowest BCUT2D eigenvalue weighted by molar-refractivity contribution is -0.111. The fourth-order valence-corrected chi connectivity index (χ4v) is 5.27. The van der Waals surface area contributed by atoms with Crippen molar-refractivity contribution in [2.24, 2.45) is 0 Å². The molecule has 0 saturated carbocycles. The second-order valence-corrected chi connectivity index (χ2v) is 16.7. The van der Waals surface area contributed by atoms with Gasteiger partial charge in [-0.25, -0.2) is 9.97 Å². The Morgan fingerprint density at radius 1 is 1.23 bits per heavy atom. The second kappa shape index (κ2) is 12.2. The number of nitrogens with one attached hydrogen (secondary N) is 1. The molecule has 1 aliphatic rings. The van der Waals surface area contributed by atoms with Crippen molar-refractivity contribution in [1.29, 1.82) is 0 Å². The molecule has 4 heterocycles. The molecule has 0 radical (unpaired) electrons. The maximum atomic E-state index is 11.7. The summed E-state index contributed by atoms with van der Waals surface area (Å²) in [6.45, 7) is 13.1. The van der Waals surface area contributed by atoms with Crippen LogP contribution in [0.3, 0.4) is 0 Å². The molecule has 1 fully saturated rings. The lowest BCUT2D eigenvalue weighted by Gasteiger charge is -2.22. The summed E-state index contributed by atoms with van der Waals surface area (Å²) in [4.78, 5) is 21.3. The highest BCUT2D eigenvalue weighted by atomic mass is 28.3. The van der Waals surface area contributed by atoms with E-state index in [1.165, 1.54) is 6.08 Å². The molecule has 3 aromatic heterocycles. The number of carbonyl (C=O) groups is 1. The van der Waals surface area contributed by atoms with Crippen LogP contribution in [0.25, 0.3) is 22.3 Å². The fourth-order valence-electron chi connectivity index (χ4n) is 4.51. The molecular weight excluding hydrogens is 524 g/mol. The van der Waals surface area contributed by atoms with Crippen molar-refractivity contribution in [2.75, 3.05) is 25.1 Å². The Hall–Kier alpha value is -3.80. The van der Waals surface area contributed by atoms with Crippen LogP contribution in [0.1, 0.15) is 18.9 Å². The maximum absolute atomic E-state index is 11.7. The zero-order chi connectivity index (χ0) is 28.1. The molecule has 5 rings (SSSR count). The molecule has 0 atom stereocenters. The number of hydrogen-bond donors (Lipinski definition) is 1. The van der Waals surface area contributed by atoms with Crippen LogP contribution in [-0.4, -0.2) is 58.1 Å². The molecule has 210 valence electrons. The minimum absolute atomic E-state index is 0.294. The molecule has 4 aromatic rings. The van der Waals surface area contributed by atoms with E-state index in [-0.39, 0.29) is 5.91 Å². The molecule has 1 saturated heterocycles. The van der Waals surface area contributed by atoms with Crippen LogP contribution >= 0.6 is 0 Å². The number of nitrogens with zero attached hydrogens (tertiary/aromatic N) is 5. The summed E-state index contributed by atoms with van der Waals surface area (Å²) in [5.41, 5.74) is 3.87. The van der Waals surface area contributed by atoms with Gasteiger partial charge in [0.2, 0.25) is 11.8 Å². The van der Waals surface area contributed by atoms with Crippen LogP contribution < -0.4 is 10.1 Å². The quantitative estimate of drug-likeness (QED) is 0.139. The van der Waals surface area contributed by atoms with Crippen molar-refractivity contribution in [3.63, 3.8) is 0 Å². The number of rotatable bonds is 11. The number of aromatic nitrogens is 5. The van der Waals surface area contributed by atoms with Gasteiger partial charge in [0, 0.05) is 63.2 Å². The summed E-state index contributed by atoms with van der Waals surface area (Å²) < 4.78 is 21.7. The van der Waals surface area contributed by atoms with Gasteiger partial charge >= 0.3 is 0 Å². The van der Waals surface area contributed by atoms with Crippen molar-refractivity contribution in [2.45, 2.75) is 51.3 Å². The van der Waals surface area contributed by atoms with Gasteiger partial charge in [-0.3, -0.25) is 9.48 Å². The average molecular weight is 561 g/mol. The Morgan fingerprint density at radius 3 is 2.83 bits per heavy atom. The van der Waals surface area contributed by atoms with Gasteiger partial charge in [-0.2, -0.15) is 5.10 Å². The van der Waals surface area contributed by atoms with Gasteiger partial charge in [0.1, 0.15) is 18.0 Å². The molecule has 1 aromatic carbocycles. The van der Waals surface area contributed by atoms with Crippen LogP contribution in [-0.2, 0) is 21.0 Å². The number of hydrogen-bond acceptors (Lipinski definition) is 7. The topological polar surface area (TPSA) is 105 Å². The molecule has 11 heteroatoms. The summed E-state index contributed by atoms with van der Waals surface area (Å²) in [7, 11) is -1.20. The van der Waals surface area contributed by atoms with E-state index in [4.69, 9.17) is 24.2 Å². The Bertz CT molecular complexity index is 1490. The molecule has 40 heavy (non-hydrogen) atoms. The third kappa shape index (κ3) is 6.85. The Labute approximate surface area is 235 Å². The lowest BCUT2D eigenvalue weighted by atomic mass is 10.1. The summed E-state index contributed by atoms with van der Waals surface area (Å²) in [5, 5.41) is 7.41. The van der Waals surface area contributed by atoms with Crippen molar-refractivity contribution < 1.29 is 19.0 Å². The van der Waals surface area contributed by atoms with Gasteiger partial charge in [0.15, 0.2) is 5.65 Å². The third-order valence-corrected chi connectivity index (χ3v) is 8.46. The molecule has 0 bridgehead atoms. The van der Waals surface area contributed by atoms with Crippen LogP contribution in [0, 0.1) is 0 Å². The average Bonchev–Trinajstić information content (AvgIpc) is 3.56. The van der Waals surface area contributed by atoms with E-state index in [1.807, 2.05) is 21.6 Å². The standard InChI is InChI=1S/C29H36N6O4Si/c1-5-26(36)32-22-7-6-8-24(15-22)39-27-17-30-29-28(33-27)25(19-34(29)20-38-13-14-40(2,3)4)21-16-31-35(18-21)23-9-11-37-12-10-23/h5-8,15-19,23H,1,9-14,20H2,2-4H3,(H,32,36). The van der Waals surface area contributed by atoms with Gasteiger partial charge in [-0.15, -0.1) is 0 Å². The highest BCUT2D eigenvalue weighted by Gasteiger charge is 2.20. The fraction of sp³-hybridized carbons (Fsp3) is 0.379. The van der Waals surface area contributed by atoms with E-state index in [9.17, 15) is 4.79 Å². The smallest absolute Gasteiger partial charge is 0.247 e. The summed E-state index contributed by atoms with van der Waals surface area (Å²) in [6.07, 6.45) is 10.7. The second-order valence-electron chi connectivity index (χ2n) is 11.1. The first-order valence-corrected chi connectivity index (χ1v) is 17.3. The number of fused-ring (bicyclic) bond motifs is 1. The number of benzene rings is 1. The molecule has 1 amide bonds. The Kier molecular flexibility index (Phi) is 8.43. The normalized spacial score (nSPS) is 14.4. The van der Waals surface area contributed by atoms with Crippen LogP contribution in [0.4, 0.5) is 5.69 Å². The van der Waals surface area contributed by atoms with Crippen molar-refractivity contribution in [3.8, 4) is 22.8 Å². The summed E-state index contributed by atoms with van der Waals surface area (Å²) in [5.74, 6) is 0.575. The van der Waals surface area contributed by atoms with E-state index < -0.39 is 8.07 Å². The molecule has 0 aliphatic carbocycles. The monoisotopic (exact) mass is 560 g/mol. The van der Waals surface area contributed by atoms with Crippen molar-refractivity contribution in [1.82, 2.24) is 24.3 Å². The first kappa shape index (κ1) is 27.8. The van der Waals surface area contributed by atoms with E-state index in [2.05, 4.69) is 42.8 Å². The maximum Gasteiger partial charge on any atom is 0.247 e. The Balaban J connectivity index is 1.44. The van der Waals surface area contributed by atoms with Crippen molar-refractivity contribution >= 4 is 30.8 Å². The number of anilines is 1. The van der Waals surface area contributed by atoms with E-state index in [1.54, 1.807) is 30.5 Å².